The van der Waals surface area contributed by atoms with E-state index in [9.17, 15) is 22.8 Å². The van der Waals surface area contributed by atoms with Gasteiger partial charge < -0.3 is 10.1 Å². The Balaban J connectivity index is 2.20. The molecule has 0 aromatic rings. The van der Waals surface area contributed by atoms with Gasteiger partial charge in [0.05, 0.1) is 7.11 Å². The second kappa shape index (κ2) is 5.46. The molecule has 4 nitrogen and oxygen atoms in total. The lowest BCUT2D eigenvalue weighted by Crippen LogP contribution is -2.47. The van der Waals surface area contributed by atoms with Crippen molar-refractivity contribution in [1.29, 1.82) is 0 Å². The van der Waals surface area contributed by atoms with E-state index in [1.54, 1.807) is 0 Å². The van der Waals surface area contributed by atoms with Crippen molar-refractivity contribution in [2.24, 2.45) is 11.8 Å². The first-order valence-electron chi connectivity index (χ1n) is 6.52. The van der Waals surface area contributed by atoms with Crippen LogP contribution in [0.1, 0.15) is 25.7 Å². The molecule has 1 saturated carbocycles. The molecule has 0 heterocycles. The maximum atomic E-state index is 12.6. The van der Waals surface area contributed by atoms with E-state index in [2.05, 4.69) is 10.1 Å². The van der Waals surface area contributed by atoms with Crippen LogP contribution in [-0.4, -0.2) is 31.6 Å². The van der Waals surface area contributed by atoms with Gasteiger partial charge in [-0.15, -0.1) is 0 Å². The highest BCUT2D eigenvalue weighted by Crippen LogP contribution is 2.50. The summed E-state index contributed by atoms with van der Waals surface area (Å²) in [6, 6.07) is 0. The SMILES string of the molecule is COC(=O)CNC1=C(C(=O)C(F)(F)F)C2CCCCC12. The standard InChI is InChI=1S/C13H16F3NO3/c1-20-9(18)6-17-11-8-5-3-2-4-7(8)10(11)12(19)13(14,15)16/h7-8,17H,2-6H2,1H3. The number of esters is 1. The smallest absolute Gasteiger partial charge is 0.454 e. The molecule has 0 aliphatic heterocycles. The van der Waals surface area contributed by atoms with E-state index in [-0.39, 0.29) is 29.7 Å². The van der Waals surface area contributed by atoms with Crippen molar-refractivity contribution in [1.82, 2.24) is 5.32 Å². The minimum atomic E-state index is -4.87. The first-order chi connectivity index (χ1) is 9.36. The van der Waals surface area contributed by atoms with Gasteiger partial charge in [0.2, 0.25) is 0 Å². The molecule has 2 aliphatic carbocycles. The summed E-state index contributed by atoms with van der Waals surface area (Å²) in [6.45, 7) is -0.219. The molecule has 0 radical (unpaired) electrons. The summed E-state index contributed by atoms with van der Waals surface area (Å²) >= 11 is 0. The number of nitrogens with one attached hydrogen (secondary N) is 1. The molecule has 0 aromatic carbocycles. The van der Waals surface area contributed by atoms with Gasteiger partial charge in [-0.3, -0.25) is 9.59 Å². The number of allylic oxidation sites excluding steroid dienone is 2. The molecule has 1 N–H and O–H groups in total. The van der Waals surface area contributed by atoms with Crippen molar-refractivity contribution in [2.75, 3.05) is 13.7 Å². The molecule has 0 saturated heterocycles. The molecule has 2 atom stereocenters. The third kappa shape index (κ3) is 2.66. The number of Topliss-reactive ketones (excluding diaryl/α,β-unsaturated/α-hetero) is 1. The lowest BCUT2D eigenvalue weighted by Gasteiger charge is -2.44. The molecule has 0 bridgehead atoms. The third-order valence-electron chi connectivity index (χ3n) is 3.95. The van der Waals surface area contributed by atoms with Crippen molar-refractivity contribution >= 4 is 11.8 Å². The van der Waals surface area contributed by atoms with Crippen molar-refractivity contribution in [3.63, 3.8) is 0 Å². The van der Waals surface area contributed by atoms with Gasteiger partial charge in [-0.1, -0.05) is 12.8 Å². The molecule has 0 aromatic heterocycles. The molecule has 2 rings (SSSR count). The lowest BCUT2D eigenvalue weighted by molar-refractivity contribution is -0.168. The number of methoxy groups -OCH3 is 1. The zero-order chi connectivity index (χ0) is 14.9. The fourth-order valence-corrected chi connectivity index (χ4v) is 3.03. The summed E-state index contributed by atoms with van der Waals surface area (Å²) < 4.78 is 42.3. The molecule has 1 fully saturated rings. The number of alkyl halides is 3. The molecular formula is C13H16F3NO3. The van der Waals surface area contributed by atoms with E-state index in [0.29, 0.717) is 6.42 Å². The Morgan fingerprint density at radius 2 is 1.85 bits per heavy atom. The number of carbonyl (C=O) groups is 2. The van der Waals surface area contributed by atoms with Crippen LogP contribution in [0.2, 0.25) is 0 Å². The Kier molecular flexibility index (Phi) is 4.06. The largest absolute Gasteiger partial charge is 0.468 e. The maximum absolute atomic E-state index is 12.6. The van der Waals surface area contributed by atoms with Crippen molar-refractivity contribution in [3.8, 4) is 0 Å². The number of ether oxygens (including phenoxy) is 1. The predicted molar refractivity (Wildman–Crippen MR) is 63.6 cm³/mol. The van der Waals surface area contributed by atoms with Gasteiger partial charge in [-0.05, 0) is 18.8 Å². The number of hydrogen-bond donors (Lipinski definition) is 1. The average molecular weight is 291 g/mol. The normalized spacial score (nSPS) is 25.6. The molecular weight excluding hydrogens is 275 g/mol. The fourth-order valence-electron chi connectivity index (χ4n) is 3.03. The molecule has 112 valence electrons. The van der Waals surface area contributed by atoms with Crippen LogP contribution in [0.15, 0.2) is 11.3 Å². The zero-order valence-corrected chi connectivity index (χ0v) is 11.0. The highest BCUT2D eigenvalue weighted by atomic mass is 19.4. The summed E-state index contributed by atoms with van der Waals surface area (Å²) in [5.41, 5.74) is 0.0912. The number of rotatable bonds is 4. The summed E-state index contributed by atoms with van der Waals surface area (Å²) in [7, 11) is 1.20. The van der Waals surface area contributed by atoms with Gasteiger partial charge >= 0.3 is 12.1 Å². The quantitative estimate of drug-likeness (QED) is 0.804. The maximum Gasteiger partial charge on any atom is 0.454 e. The van der Waals surface area contributed by atoms with E-state index in [0.717, 1.165) is 19.3 Å². The van der Waals surface area contributed by atoms with Crippen LogP contribution in [0.5, 0.6) is 0 Å². The monoisotopic (exact) mass is 291 g/mol. The summed E-state index contributed by atoms with van der Waals surface area (Å²) in [5, 5.41) is 2.66. The topological polar surface area (TPSA) is 55.4 Å². The number of fused-ring (bicyclic) bond motifs is 1. The van der Waals surface area contributed by atoms with Crippen molar-refractivity contribution in [2.45, 2.75) is 31.9 Å². The fraction of sp³-hybridized carbons (Fsp3) is 0.692. The van der Waals surface area contributed by atoms with Crippen molar-refractivity contribution in [3.05, 3.63) is 11.3 Å². The van der Waals surface area contributed by atoms with Gasteiger partial charge in [-0.25, -0.2) is 0 Å². The van der Waals surface area contributed by atoms with Crippen LogP contribution in [-0.2, 0) is 14.3 Å². The average Bonchev–Trinajstić information content (AvgIpc) is 2.38. The van der Waals surface area contributed by atoms with Crippen LogP contribution in [0, 0.1) is 11.8 Å². The third-order valence-corrected chi connectivity index (χ3v) is 3.95. The van der Waals surface area contributed by atoms with Gasteiger partial charge in [0.15, 0.2) is 0 Å². The van der Waals surface area contributed by atoms with Crippen LogP contribution in [0.3, 0.4) is 0 Å². The molecule has 0 amide bonds. The van der Waals surface area contributed by atoms with Crippen LogP contribution < -0.4 is 5.32 Å². The second-order valence-corrected chi connectivity index (χ2v) is 5.08. The minimum Gasteiger partial charge on any atom is -0.468 e. The van der Waals surface area contributed by atoms with E-state index in [1.807, 2.05) is 0 Å². The Hall–Kier alpha value is -1.53. The number of hydrogen-bond acceptors (Lipinski definition) is 4. The Labute approximate surface area is 114 Å². The van der Waals surface area contributed by atoms with Crippen molar-refractivity contribution < 1.29 is 27.5 Å². The number of carbonyl (C=O) groups excluding carboxylic acids is 2. The summed E-state index contributed by atoms with van der Waals surface area (Å²) in [6.07, 6.45) is -1.75. The van der Waals surface area contributed by atoms with E-state index in [1.165, 1.54) is 7.11 Å². The number of ketones is 1. The second-order valence-electron chi connectivity index (χ2n) is 5.08. The number of halogens is 3. The van der Waals surface area contributed by atoms with E-state index >= 15 is 0 Å². The van der Waals surface area contributed by atoms with Gasteiger partial charge in [-0.2, -0.15) is 13.2 Å². The summed E-state index contributed by atoms with van der Waals surface area (Å²) in [4.78, 5) is 22.6. The minimum absolute atomic E-state index is 0.0605. The van der Waals surface area contributed by atoms with Crippen LogP contribution in [0.4, 0.5) is 13.2 Å². The predicted octanol–water partition coefficient (Wildman–Crippen LogP) is 1.95. The molecule has 0 spiro atoms. The molecule has 20 heavy (non-hydrogen) atoms. The molecule has 7 heteroatoms. The Morgan fingerprint density at radius 3 is 2.40 bits per heavy atom. The molecule has 2 aliphatic rings. The first kappa shape index (κ1) is 14.9. The van der Waals surface area contributed by atoms with Gasteiger partial charge in [0, 0.05) is 17.2 Å². The van der Waals surface area contributed by atoms with E-state index in [4.69, 9.17) is 0 Å². The van der Waals surface area contributed by atoms with Crippen LogP contribution in [0.25, 0.3) is 0 Å². The highest BCUT2D eigenvalue weighted by molar-refractivity contribution is 6.02. The summed E-state index contributed by atoms with van der Waals surface area (Å²) in [5.74, 6) is -2.74. The Morgan fingerprint density at radius 1 is 1.25 bits per heavy atom. The van der Waals surface area contributed by atoms with Gasteiger partial charge in [0.1, 0.15) is 6.54 Å². The highest BCUT2D eigenvalue weighted by Gasteiger charge is 2.52. The molecule has 2 unspecified atom stereocenters. The first-order valence-corrected chi connectivity index (χ1v) is 6.52. The van der Waals surface area contributed by atoms with Crippen LogP contribution >= 0.6 is 0 Å². The van der Waals surface area contributed by atoms with E-state index < -0.39 is 17.9 Å². The van der Waals surface area contributed by atoms with Gasteiger partial charge in [0.25, 0.3) is 5.78 Å². The Bertz CT molecular complexity index is 456. The lowest BCUT2D eigenvalue weighted by atomic mass is 9.62. The zero-order valence-electron chi connectivity index (χ0n) is 11.0.